The molecule has 3 heteroatoms. The van der Waals surface area contributed by atoms with Crippen molar-refractivity contribution in [3.63, 3.8) is 0 Å². The molecule has 2 aromatic carbocycles. The maximum absolute atomic E-state index is 11.8. The Balaban J connectivity index is 1.96. The van der Waals surface area contributed by atoms with Gasteiger partial charge in [0, 0.05) is 37.1 Å². The molecule has 3 nitrogen and oxygen atoms in total. The molecular weight excluding hydrogens is 296 g/mol. The maximum Gasteiger partial charge on any atom is 0.149 e. The number of carbonyl (C=O) groups is 1. The highest BCUT2D eigenvalue weighted by atomic mass is 16.1. The topological polar surface area (TPSA) is 23.6 Å². The first-order valence-electron chi connectivity index (χ1n) is 8.40. The minimum absolute atomic E-state index is 0.157. The van der Waals surface area contributed by atoms with E-state index in [9.17, 15) is 4.79 Å². The van der Waals surface area contributed by atoms with Gasteiger partial charge >= 0.3 is 0 Å². The van der Waals surface area contributed by atoms with Crippen LogP contribution in [0.1, 0.15) is 11.1 Å². The highest BCUT2D eigenvalue weighted by Gasteiger charge is 2.50. The molecule has 0 amide bonds. The molecule has 122 valence electrons. The van der Waals surface area contributed by atoms with Crippen LogP contribution in [0.5, 0.6) is 0 Å². The van der Waals surface area contributed by atoms with E-state index in [2.05, 4.69) is 78.5 Å². The standard InChI is InChI=1S/C21H22N2O/c1-22-13-17(14-24)20-21(15-22,12-16-8-4-3-5-9-16)18-10-6-7-11-19(18)23(20)2/h3-11,14H,12-13,15H2,1-2H3. The number of hydrogen-bond acceptors (Lipinski definition) is 3. The highest BCUT2D eigenvalue weighted by Crippen LogP contribution is 2.51. The summed E-state index contributed by atoms with van der Waals surface area (Å²) in [4.78, 5) is 16.3. The van der Waals surface area contributed by atoms with Crippen molar-refractivity contribution in [2.24, 2.45) is 0 Å². The lowest BCUT2D eigenvalue weighted by molar-refractivity contribution is -0.105. The quantitative estimate of drug-likeness (QED) is 0.813. The fraction of sp³-hybridized carbons (Fsp3) is 0.286. The van der Waals surface area contributed by atoms with Crippen LogP contribution in [0.25, 0.3) is 0 Å². The minimum Gasteiger partial charge on any atom is -0.347 e. The molecule has 0 N–H and O–H groups in total. The Hall–Kier alpha value is -2.39. The summed E-state index contributed by atoms with van der Waals surface area (Å²) in [7, 11) is 4.20. The summed E-state index contributed by atoms with van der Waals surface area (Å²) in [6.45, 7) is 1.64. The predicted octanol–water partition coefficient (Wildman–Crippen LogP) is 3.02. The van der Waals surface area contributed by atoms with Crippen molar-refractivity contribution in [1.82, 2.24) is 4.90 Å². The normalized spacial score (nSPS) is 23.2. The summed E-state index contributed by atoms with van der Waals surface area (Å²) in [5.74, 6) is 0. The van der Waals surface area contributed by atoms with Crippen molar-refractivity contribution in [2.75, 3.05) is 32.1 Å². The van der Waals surface area contributed by atoms with Gasteiger partial charge in [-0.1, -0.05) is 48.5 Å². The van der Waals surface area contributed by atoms with Crippen molar-refractivity contribution in [3.8, 4) is 0 Å². The van der Waals surface area contributed by atoms with E-state index in [0.29, 0.717) is 6.54 Å². The summed E-state index contributed by atoms with van der Waals surface area (Å²) in [6, 6.07) is 19.2. The predicted molar refractivity (Wildman–Crippen MR) is 97.3 cm³/mol. The van der Waals surface area contributed by atoms with Crippen LogP contribution in [0.15, 0.2) is 65.9 Å². The van der Waals surface area contributed by atoms with E-state index in [0.717, 1.165) is 24.8 Å². The molecule has 0 saturated carbocycles. The second-order valence-electron chi connectivity index (χ2n) is 6.98. The number of rotatable bonds is 3. The van der Waals surface area contributed by atoms with Crippen molar-refractivity contribution >= 4 is 12.0 Å². The van der Waals surface area contributed by atoms with Crippen LogP contribution in [0.3, 0.4) is 0 Å². The number of nitrogens with zero attached hydrogens (tertiary/aromatic N) is 2. The van der Waals surface area contributed by atoms with Crippen LogP contribution in [0.4, 0.5) is 5.69 Å². The van der Waals surface area contributed by atoms with E-state index in [1.807, 2.05) is 0 Å². The van der Waals surface area contributed by atoms with E-state index in [-0.39, 0.29) is 5.41 Å². The van der Waals surface area contributed by atoms with Crippen molar-refractivity contribution in [1.29, 1.82) is 0 Å². The molecule has 24 heavy (non-hydrogen) atoms. The maximum atomic E-state index is 11.8. The largest absolute Gasteiger partial charge is 0.347 e. The molecule has 0 fully saturated rings. The van der Waals surface area contributed by atoms with E-state index < -0.39 is 0 Å². The molecule has 1 unspecified atom stereocenters. The summed E-state index contributed by atoms with van der Waals surface area (Å²) in [5.41, 5.74) is 5.78. The minimum atomic E-state index is -0.157. The van der Waals surface area contributed by atoms with Crippen LogP contribution in [-0.4, -0.2) is 38.4 Å². The third-order valence-electron chi connectivity index (χ3n) is 5.34. The Morgan fingerprint density at radius 3 is 2.50 bits per heavy atom. The monoisotopic (exact) mass is 318 g/mol. The number of benzene rings is 2. The van der Waals surface area contributed by atoms with Gasteiger partial charge in [0.25, 0.3) is 0 Å². The molecule has 4 rings (SSSR count). The molecule has 0 saturated heterocycles. The number of hydrogen-bond donors (Lipinski definition) is 0. The SMILES string of the molecule is CN1CC(C=O)=C2N(C)c3ccccc3C2(Cc2ccccc2)C1. The molecule has 2 heterocycles. The third kappa shape index (κ3) is 2.12. The lowest BCUT2D eigenvalue weighted by atomic mass is 9.71. The average Bonchev–Trinajstić information content (AvgIpc) is 2.84. The second kappa shape index (κ2) is 5.60. The number of aldehydes is 1. The Morgan fingerprint density at radius 2 is 1.75 bits per heavy atom. The number of para-hydroxylation sites is 1. The van der Waals surface area contributed by atoms with E-state index in [1.165, 1.54) is 22.5 Å². The molecule has 2 aromatic rings. The zero-order valence-electron chi connectivity index (χ0n) is 14.2. The van der Waals surface area contributed by atoms with Crippen LogP contribution < -0.4 is 4.90 Å². The summed E-state index contributed by atoms with van der Waals surface area (Å²) < 4.78 is 0. The van der Waals surface area contributed by atoms with Gasteiger partial charge in [0.05, 0.1) is 5.41 Å². The molecule has 2 aliphatic heterocycles. The van der Waals surface area contributed by atoms with E-state index in [4.69, 9.17) is 0 Å². The van der Waals surface area contributed by atoms with Crippen molar-refractivity contribution < 1.29 is 4.79 Å². The Morgan fingerprint density at radius 1 is 1.04 bits per heavy atom. The fourth-order valence-corrected chi connectivity index (χ4v) is 4.58. The first-order chi connectivity index (χ1) is 11.7. The molecule has 0 aromatic heterocycles. The van der Waals surface area contributed by atoms with Gasteiger partial charge in [-0.25, -0.2) is 0 Å². The smallest absolute Gasteiger partial charge is 0.149 e. The zero-order valence-corrected chi connectivity index (χ0v) is 14.2. The molecule has 0 spiro atoms. The molecular formula is C21H22N2O. The summed E-state index contributed by atoms with van der Waals surface area (Å²) >= 11 is 0. The number of fused-ring (bicyclic) bond motifs is 3. The van der Waals surface area contributed by atoms with Gasteiger partial charge in [0.1, 0.15) is 6.29 Å². The Labute approximate surface area is 143 Å². The fourth-order valence-electron chi connectivity index (χ4n) is 4.58. The van der Waals surface area contributed by atoms with Gasteiger partial charge in [0.2, 0.25) is 0 Å². The van der Waals surface area contributed by atoms with Crippen LogP contribution >= 0.6 is 0 Å². The first-order valence-corrected chi connectivity index (χ1v) is 8.40. The van der Waals surface area contributed by atoms with Gasteiger partial charge in [-0.05, 0) is 30.7 Å². The van der Waals surface area contributed by atoms with Gasteiger partial charge < -0.3 is 9.80 Å². The molecule has 2 aliphatic rings. The number of anilines is 1. The summed E-state index contributed by atoms with van der Waals surface area (Å²) in [5, 5.41) is 0. The number of carbonyl (C=O) groups excluding carboxylic acids is 1. The molecule has 0 aliphatic carbocycles. The van der Waals surface area contributed by atoms with Gasteiger partial charge in [-0.3, -0.25) is 4.79 Å². The van der Waals surface area contributed by atoms with Gasteiger partial charge in [-0.2, -0.15) is 0 Å². The van der Waals surface area contributed by atoms with E-state index >= 15 is 0 Å². The van der Waals surface area contributed by atoms with Gasteiger partial charge in [0.15, 0.2) is 0 Å². The van der Waals surface area contributed by atoms with Gasteiger partial charge in [-0.15, -0.1) is 0 Å². The highest BCUT2D eigenvalue weighted by molar-refractivity contribution is 5.83. The lowest BCUT2D eigenvalue weighted by Crippen LogP contribution is -2.48. The van der Waals surface area contributed by atoms with Crippen LogP contribution in [-0.2, 0) is 16.6 Å². The Kier molecular flexibility index (Phi) is 3.54. The second-order valence-corrected chi connectivity index (χ2v) is 6.98. The first kappa shape index (κ1) is 15.2. The molecule has 1 atom stereocenters. The lowest BCUT2D eigenvalue weighted by Gasteiger charge is -2.41. The third-order valence-corrected chi connectivity index (χ3v) is 5.34. The van der Waals surface area contributed by atoms with Crippen molar-refractivity contribution in [2.45, 2.75) is 11.8 Å². The molecule has 0 bridgehead atoms. The van der Waals surface area contributed by atoms with Crippen LogP contribution in [0, 0.1) is 0 Å². The zero-order chi connectivity index (χ0) is 16.7. The van der Waals surface area contributed by atoms with Crippen molar-refractivity contribution in [3.05, 3.63) is 77.0 Å². The summed E-state index contributed by atoms with van der Waals surface area (Å²) in [6.07, 6.45) is 1.96. The number of likely N-dealkylation sites (N-methyl/N-ethyl adjacent to an activating group) is 2. The average molecular weight is 318 g/mol. The van der Waals surface area contributed by atoms with Crippen LogP contribution in [0.2, 0.25) is 0 Å². The molecule has 0 radical (unpaired) electrons. The Bertz CT molecular complexity index is 812. The van der Waals surface area contributed by atoms with E-state index in [1.54, 1.807) is 0 Å².